The second-order valence-corrected chi connectivity index (χ2v) is 5.42. The Kier molecular flexibility index (Phi) is 5.85. The van der Waals surface area contributed by atoms with Crippen molar-refractivity contribution in [2.75, 3.05) is 6.54 Å². The Balaban J connectivity index is 2.07. The monoisotopic (exact) mass is 327 g/mol. The van der Waals surface area contributed by atoms with Gasteiger partial charge in [0.2, 0.25) is 0 Å². The molecule has 0 spiro atoms. The van der Waals surface area contributed by atoms with Crippen LogP contribution in [0, 0.1) is 5.82 Å². The maximum absolute atomic E-state index is 13.4. The highest BCUT2D eigenvalue weighted by Gasteiger charge is 2.06. The second-order valence-electron chi connectivity index (χ2n) is 4.61. The van der Waals surface area contributed by atoms with E-state index in [1.165, 1.54) is 12.1 Å². The molecule has 2 rings (SSSR count). The molecule has 0 unspecified atom stereocenters. The van der Waals surface area contributed by atoms with Gasteiger partial charge < -0.3 is 10.1 Å². The molecule has 0 amide bonds. The van der Waals surface area contributed by atoms with E-state index in [0.717, 1.165) is 18.5 Å². The van der Waals surface area contributed by atoms with E-state index in [2.05, 4.69) is 12.2 Å². The van der Waals surface area contributed by atoms with Gasteiger partial charge in [0.1, 0.15) is 17.3 Å². The molecule has 112 valence electrons. The van der Waals surface area contributed by atoms with E-state index in [9.17, 15) is 4.39 Å². The van der Waals surface area contributed by atoms with Crippen molar-refractivity contribution in [3.05, 3.63) is 57.8 Å². The smallest absolute Gasteiger partial charge is 0.145 e. The minimum atomic E-state index is -0.513. The fraction of sp³-hybridized carbons (Fsp3) is 0.250. The van der Waals surface area contributed by atoms with E-state index in [0.29, 0.717) is 23.1 Å². The van der Waals surface area contributed by atoms with Crippen molar-refractivity contribution in [1.29, 1.82) is 0 Å². The van der Waals surface area contributed by atoms with Crippen molar-refractivity contribution in [2.24, 2.45) is 0 Å². The van der Waals surface area contributed by atoms with Crippen molar-refractivity contribution in [1.82, 2.24) is 5.32 Å². The van der Waals surface area contributed by atoms with Crippen LogP contribution in [0.25, 0.3) is 0 Å². The lowest BCUT2D eigenvalue weighted by Gasteiger charge is -2.10. The highest BCUT2D eigenvalue weighted by atomic mass is 35.5. The van der Waals surface area contributed by atoms with E-state index in [4.69, 9.17) is 27.9 Å². The van der Waals surface area contributed by atoms with Crippen molar-refractivity contribution >= 4 is 23.2 Å². The molecule has 2 nitrogen and oxygen atoms in total. The molecule has 0 aromatic heterocycles. The molecule has 2 aromatic carbocycles. The van der Waals surface area contributed by atoms with Crippen LogP contribution in [0.3, 0.4) is 0 Å². The summed E-state index contributed by atoms with van der Waals surface area (Å²) in [5, 5.41) is 3.97. The van der Waals surface area contributed by atoms with Crippen molar-refractivity contribution in [3.8, 4) is 11.5 Å². The first-order valence-electron chi connectivity index (χ1n) is 6.72. The summed E-state index contributed by atoms with van der Waals surface area (Å²) in [5.41, 5.74) is 1.000. The molecule has 0 saturated heterocycles. The van der Waals surface area contributed by atoms with Gasteiger partial charge in [-0.3, -0.25) is 0 Å². The summed E-state index contributed by atoms with van der Waals surface area (Å²) < 4.78 is 18.9. The van der Waals surface area contributed by atoms with Crippen molar-refractivity contribution < 1.29 is 9.13 Å². The van der Waals surface area contributed by atoms with Gasteiger partial charge in [-0.1, -0.05) is 36.2 Å². The Morgan fingerprint density at radius 2 is 1.76 bits per heavy atom. The van der Waals surface area contributed by atoms with Gasteiger partial charge in [-0.15, -0.1) is 0 Å². The van der Waals surface area contributed by atoms with Crippen molar-refractivity contribution in [2.45, 2.75) is 19.9 Å². The van der Waals surface area contributed by atoms with E-state index in [-0.39, 0.29) is 5.02 Å². The topological polar surface area (TPSA) is 21.3 Å². The molecule has 0 fully saturated rings. The Morgan fingerprint density at radius 1 is 1.05 bits per heavy atom. The summed E-state index contributed by atoms with van der Waals surface area (Å²) in [5.74, 6) is 0.423. The maximum Gasteiger partial charge on any atom is 0.145 e. The molecular formula is C16H16Cl2FNO. The average Bonchev–Trinajstić information content (AvgIpc) is 2.45. The lowest BCUT2D eigenvalue weighted by Crippen LogP contribution is -2.13. The number of hydrogen-bond acceptors (Lipinski definition) is 2. The number of hydrogen-bond donors (Lipinski definition) is 1. The summed E-state index contributed by atoms with van der Waals surface area (Å²) in [6.07, 6.45) is 1.07. The van der Waals surface area contributed by atoms with Crippen LogP contribution >= 0.6 is 23.2 Å². The van der Waals surface area contributed by atoms with Gasteiger partial charge in [0.05, 0.1) is 5.02 Å². The fourth-order valence-electron chi connectivity index (χ4n) is 1.81. The Labute approximate surface area is 133 Å². The zero-order chi connectivity index (χ0) is 15.2. The van der Waals surface area contributed by atoms with Crippen LogP contribution in [0.15, 0.2) is 36.4 Å². The maximum atomic E-state index is 13.4. The number of ether oxygens (including phenoxy) is 1. The van der Waals surface area contributed by atoms with Crippen LogP contribution in [-0.2, 0) is 6.54 Å². The van der Waals surface area contributed by atoms with E-state index >= 15 is 0 Å². The summed E-state index contributed by atoms with van der Waals surface area (Å²) in [6, 6.07) is 9.73. The number of benzene rings is 2. The fourth-order valence-corrected chi connectivity index (χ4v) is 2.17. The molecule has 2 aromatic rings. The standard InChI is InChI=1S/C16H16Cl2FNO/c1-2-7-20-10-11-3-4-12(8-15(11)18)21-13-5-6-14(17)16(19)9-13/h3-6,8-9,20H,2,7,10H2,1H3. The van der Waals surface area contributed by atoms with E-state index in [1.807, 2.05) is 6.07 Å². The van der Waals surface area contributed by atoms with Gasteiger partial charge >= 0.3 is 0 Å². The third kappa shape index (κ3) is 4.60. The minimum absolute atomic E-state index is 0.0673. The Bertz CT molecular complexity index is 619. The zero-order valence-corrected chi connectivity index (χ0v) is 13.1. The second kappa shape index (κ2) is 7.64. The largest absolute Gasteiger partial charge is 0.457 e. The lowest BCUT2D eigenvalue weighted by molar-refractivity contribution is 0.476. The third-order valence-corrected chi connectivity index (χ3v) is 3.55. The quantitative estimate of drug-likeness (QED) is 0.715. The van der Waals surface area contributed by atoms with Crippen LogP contribution in [0.1, 0.15) is 18.9 Å². The third-order valence-electron chi connectivity index (χ3n) is 2.89. The van der Waals surface area contributed by atoms with Crippen LogP contribution in [0.5, 0.6) is 11.5 Å². The summed E-state index contributed by atoms with van der Waals surface area (Å²) in [4.78, 5) is 0. The first-order chi connectivity index (χ1) is 10.1. The van der Waals surface area contributed by atoms with Crippen LogP contribution < -0.4 is 10.1 Å². The molecule has 0 aliphatic rings. The highest BCUT2D eigenvalue weighted by Crippen LogP contribution is 2.28. The molecule has 0 radical (unpaired) electrons. The van der Waals surface area contributed by atoms with Gasteiger partial charge in [0, 0.05) is 17.6 Å². The molecule has 0 aliphatic carbocycles. The van der Waals surface area contributed by atoms with Gasteiger partial charge in [-0.25, -0.2) is 4.39 Å². The molecule has 0 saturated carbocycles. The number of rotatable bonds is 6. The van der Waals surface area contributed by atoms with E-state index in [1.54, 1.807) is 18.2 Å². The lowest BCUT2D eigenvalue weighted by atomic mass is 10.2. The van der Waals surface area contributed by atoms with E-state index < -0.39 is 5.82 Å². The predicted octanol–water partition coefficient (Wildman–Crippen LogP) is 5.42. The first kappa shape index (κ1) is 16.1. The van der Waals surface area contributed by atoms with Crippen molar-refractivity contribution in [3.63, 3.8) is 0 Å². The summed E-state index contributed by atoms with van der Waals surface area (Å²) >= 11 is 11.8. The Morgan fingerprint density at radius 3 is 2.43 bits per heavy atom. The zero-order valence-electron chi connectivity index (χ0n) is 11.6. The molecule has 0 aliphatic heterocycles. The molecule has 0 bridgehead atoms. The van der Waals surface area contributed by atoms with Gasteiger partial charge in [-0.05, 0) is 42.8 Å². The predicted molar refractivity (Wildman–Crippen MR) is 84.9 cm³/mol. The number of halogens is 3. The summed E-state index contributed by atoms with van der Waals surface area (Å²) in [7, 11) is 0. The molecule has 0 atom stereocenters. The molecule has 5 heteroatoms. The van der Waals surface area contributed by atoms with Crippen LogP contribution in [0.4, 0.5) is 4.39 Å². The average molecular weight is 328 g/mol. The molecule has 0 heterocycles. The normalized spacial score (nSPS) is 10.7. The van der Waals surface area contributed by atoms with Crippen LogP contribution in [-0.4, -0.2) is 6.54 Å². The SMILES string of the molecule is CCCNCc1ccc(Oc2ccc(Cl)c(F)c2)cc1Cl. The molecule has 21 heavy (non-hydrogen) atoms. The highest BCUT2D eigenvalue weighted by molar-refractivity contribution is 6.31. The Hall–Kier alpha value is -1.29. The van der Waals surface area contributed by atoms with Crippen LogP contribution in [0.2, 0.25) is 10.0 Å². The molecule has 1 N–H and O–H groups in total. The first-order valence-corrected chi connectivity index (χ1v) is 7.47. The molecular weight excluding hydrogens is 312 g/mol. The van der Waals surface area contributed by atoms with Gasteiger partial charge in [0.25, 0.3) is 0 Å². The van der Waals surface area contributed by atoms with Gasteiger partial charge in [-0.2, -0.15) is 0 Å². The minimum Gasteiger partial charge on any atom is -0.457 e. The van der Waals surface area contributed by atoms with Gasteiger partial charge in [0.15, 0.2) is 0 Å². The number of nitrogens with one attached hydrogen (secondary N) is 1. The summed E-state index contributed by atoms with van der Waals surface area (Å²) in [6.45, 7) is 3.76.